The van der Waals surface area contributed by atoms with Crippen LogP contribution in [0.2, 0.25) is 5.02 Å². The second-order valence-corrected chi connectivity index (χ2v) is 5.85. The SMILES string of the molecule is Cc1c(Cl)cccc1NC(=O)CCc1ccc2c(c1)OCCO2. The molecule has 1 aliphatic heterocycles. The van der Waals surface area contributed by atoms with Crippen LogP contribution in [0, 0.1) is 6.92 Å². The molecule has 0 unspecified atom stereocenters. The Morgan fingerprint density at radius 2 is 1.96 bits per heavy atom. The maximum Gasteiger partial charge on any atom is 0.224 e. The Bertz CT molecular complexity index is 730. The number of ether oxygens (including phenoxy) is 2. The van der Waals surface area contributed by atoms with Crippen LogP contribution < -0.4 is 14.8 Å². The first-order chi connectivity index (χ1) is 11.1. The number of halogens is 1. The molecule has 1 amide bonds. The van der Waals surface area contributed by atoms with Crippen LogP contribution in [-0.2, 0) is 11.2 Å². The molecule has 120 valence electrons. The monoisotopic (exact) mass is 331 g/mol. The number of benzene rings is 2. The lowest BCUT2D eigenvalue weighted by molar-refractivity contribution is -0.116. The van der Waals surface area contributed by atoms with Crippen molar-refractivity contribution in [3.8, 4) is 11.5 Å². The van der Waals surface area contributed by atoms with E-state index in [0.717, 1.165) is 28.3 Å². The molecule has 1 aliphatic rings. The van der Waals surface area contributed by atoms with Gasteiger partial charge in [-0.05, 0) is 48.7 Å². The first-order valence-corrected chi connectivity index (χ1v) is 7.95. The molecular formula is C18H18ClNO3. The molecule has 4 nitrogen and oxygen atoms in total. The number of anilines is 1. The van der Waals surface area contributed by atoms with Gasteiger partial charge in [0, 0.05) is 17.1 Å². The Balaban J connectivity index is 1.60. The lowest BCUT2D eigenvalue weighted by atomic mass is 10.1. The summed E-state index contributed by atoms with van der Waals surface area (Å²) in [6, 6.07) is 11.3. The molecule has 1 heterocycles. The molecule has 5 heteroatoms. The normalized spacial score (nSPS) is 12.8. The predicted octanol–water partition coefficient (Wildman–Crippen LogP) is 3.99. The van der Waals surface area contributed by atoms with Gasteiger partial charge >= 0.3 is 0 Å². The van der Waals surface area contributed by atoms with Gasteiger partial charge in [-0.15, -0.1) is 0 Å². The molecule has 0 bridgehead atoms. The van der Waals surface area contributed by atoms with Gasteiger partial charge in [0.25, 0.3) is 0 Å². The molecular weight excluding hydrogens is 314 g/mol. The fraction of sp³-hybridized carbons (Fsp3) is 0.278. The molecule has 1 N–H and O–H groups in total. The smallest absolute Gasteiger partial charge is 0.224 e. The van der Waals surface area contributed by atoms with E-state index in [1.807, 2.05) is 43.3 Å². The third-order valence-corrected chi connectivity index (χ3v) is 4.20. The minimum absolute atomic E-state index is 0.0368. The Morgan fingerprint density at radius 1 is 1.17 bits per heavy atom. The van der Waals surface area contributed by atoms with Crippen molar-refractivity contribution in [3.63, 3.8) is 0 Å². The highest BCUT2D eigenvalue weighted by molar-refractivity contribution is 6.31. The zero-order valence-corrected chi connectivity index (χ0v) is 13.7. The fourth-order valence-corrected chi connectivity index (χ4v) is 2.63. The van der Waals surface area contributed by atoms with E-state index >= 15 is 0 Å². The summed E-state index contributed by atoms with van der Waals surface area (Å²) >= 11 is 6.06. The highest BCUT2D eigenvalue weighted by Crippen LogP contribution is 2.31. The topological polar surface area (TPSA) is 47.6 Å². The number of carbonyl (C=O) groups excluding carboxylic acids is 1. The van der Waals surface area contributed by atoms with Crippen LogP contribution >= 0.6 is 11.6 Å². The molecule has 0 radical (unpaired) electrons. The Hall–Kier alpha value is -2.20. The molecule has 2 aromatic carbocycles. The van der Waals surface area contributed by atoms with Crippen molar-refractivity contribution in [2.24, 2.45) is 0 Å². The summed E-state index contributed by atoms with van der Waals surface area (Å²) in [6.07, 6.45) is 1.04. The number of hydrogen-bond acceptors (Lipinski definition) is 3. The molecule has 2 aromatic rings. The molecule has 0 aliphatic carbocycles. The highest BCUT2D eigenvalue weighted by Gasteiger charge is 2.12. The minimum atomic E-state index is -0.0368. The number of amides is 1. The van der Waals surface area contributed by atoms with Gasteiger partial charge in [0.1, 0.15) is 13.2 Å². The standard InChI is InChI=1S/C18H18ClNO3/c1-12-14(19)3-2-4-15(12)20-18(21)8-6-13-5-7-16-17(11-13)23-10-9-22-16/h2-5,7,11H,6,8-10H2,1H3,(H,20,21). The number of nitrogens with one attached hydrogen (secondary N) is 1. The van der Waals surface area contributed by atoms with Crippen molar-refractivity contribution in [3.05, 3.63) is 52.5 Å². The molecule has 0 fully saturated rings. The lowest BCUT2D eigenvalue weighted by Crippen LogP contribution is -2.16. The maximum absolute atomic E-state index is 12.1. The zero-order valence-electron chi connectivity index (χ0n) is 12.9. The van der Waals surface area contributed by atoms with Crippen molar-refractivity contribution in [2.45, 2.75) is 19.8 Å². The van der Waals surface area contributed by atoms with Gasteiger partial charge in [-0.2, -0.15) is 0 Å². The van der Waals surface area contributed by atoms with Crippen LogP contribution in [0.3, 0.4) is 0 Å². The third kappa shape index (κ3) is 3.77. The Morgan fingerprint density at radius 3 is 2.78 bits per heavy atom. The van der Waals surface area contributed by atoms with Crippen LogP contribution in [0.25, 0.3) is 0 Å². The largest absolute Gasteiger partial charge is 0.486 e. The van der Waals surface area contributed by atoms with E-state index < -0.39 is 0 Å². The van der Waals surface area contributed by atoms with Crippen molar-refractivity contribution in [1.82, 2.24) is 0 Å². The zero-order chi connectivity index (χ0) is 16.2. The van der Waals surface area contributed by atoms with Gasteiger partial charge in [0.2, 0.25) is 5.91 Å². The van der Waals surface area contributed by atoms with Crippen molar-refractivity contribution in [1.29, 1.82) is 0 Å². The fourth-order valence-electron chi connectivity index (χ4n) is 2.46. The summed E-state index contributed by atoms with van der Waals surface area (Å²) in [7, 11) is 0. The van der Waals surface area contributed by atoms with Crippen LogP contribution in [0.4, 0.5) is 5.69 Å². The van der Waals surface area contributed by atoms with Gasteiger partial charge in [0.15, 0.2) is 11.5 Å². The maximum atomic E-state index is 12.1. The molecule has 0 spiro atoms. The first-order valence-electron chi connectivity index (χ1n) is 7.57. The third-order valence-electron chi connectivity index (χ3n) is 3.79. The number of hydrogen-bond donors (Lipinski definition) is 1. The van der Waals surface area contributed by atoms with Gasteiger partial charge in [-0.25, -0.2) is 0 Å². The van der Waals surface area contributed by atoms with E-state index in [0.29, 0.717) is 31.1 Å². The van der Waals surface area contributed by atoms with E-state index in [-0.39, 0.29) is 5.91 Å². The average Bonchev–Trinajstić information content (AvgIpc) is 2.57. The number of fused-ring (bicyclic) bond motifs is 1. The van der Waals surface area contributed by atoms with Gasteiger partial charge < -0.3 is 14.8 Å². The average molecular weight is 332 g/mol. The van der Waals surface area contributed by atoms with E-state index in [1.54, 1.807) is 0 Å². The molecule has 0 saturated carbocycles. The van der Waals surface area contributed by atoms with Crippen LogP contribution in [0.15, 0.2) is 36.4 Å². The van der Waals surface area contributed by atoms with E-state index in [4.69, 9.17) is 21.1 Å². The Labute approximate surface area is 140 Å². The summed E-state index contributed by atoms with van der Waals surface area (Å²) in [5, 5.41) is 3.55. The molecule has 23 heavy (non-hydrogen) atoms. The van der Waals surface area contributed by atoms with Crippen LogP contribution in [0.1, 0.15) is 17.5 Å². The summed E-state index contributed by atoms with van der Waals surface area (Å²) in [4.78, 5) is 12.1. The number of aryl methyl sites for hydroxylation is 1. The van der Waals surface area contributed by atoms with E-state index in [1.165, 1.54) is 0 Å². The lowest BCUT2D eigenvalue weighted by Gasteiger charge is -2.18. The Kier molecular flexibility index (Phi) is 4.72. The van der Waals surface area contributed by atoms with Gasteiger partial charge in [-0.1, -0.05) is 23.7 Å². The first kappa shape index (κ1) is 15.7. The van der Waals surface area contributed by atoms with Gasteiger partial charge in [-0.3, -0.25) is 4.79 Å². The van der Waals surface area contributed by atoms with Crippen LogP contribution in [-0.4, -0.2) is 19.1 Å². The molecule has 0 aromatic heterocycles. The molecule has 0 saturated heterocycles. The minimum Gasteiger partial charge on any atom is -0.486 e. The highest BCUT2D eigenvalue weighted by atomic mass is 35.5. The summed E-state index contributed by atoms with van der Waals surface area (Å²) in [5.74, 6) is 1.48. The second-order valence-electron chi connectivity index (χ2n) is 5.44. The second kappa shape index (κ2) is 6.92. The quantitative estimate of drug-likeness (QED) is 0.921. The van der Waals surface area contributed by atoms with Crippen LogP contribution in [0.5, 0.6) is 11.5 Å². The van der Waals surface area contributed by atoms with Crippen molar-refractivity contribution in [2.75, 3.05) is 18.5 Å². The molecule has 0 atom stereocenters. The van der Waals surface area contributed by atoms with Gasteiger partial charge in [0.05, 0.1) is 0 Å². The number of carbonyl (C=O) groups is 1. The van der Waals surface area contributed by atoms with E-state index in [2.05, 4.69) is 5.32 Å². The van der Waals surface area contributed by atoms with E-state index in [9.17, 15) is 4.79 Å². The number of rotatable bonds is 4. The summed E-state index contributed by atoms with van der Waals surface area (Å²) in [5.41, 5.74) is 2.68. The summed E-state index contributed by atoms with van der Waals surface area (Å²) < 4.78 is 11.0. The van der Waals surface area contributed by atoms with Crippen molar-refractivity contribution < 1.29 is 14.3 Å². The summed E-state index contributed by atoms with van der Waals surface area (Å²) in [6.45, 7) is 3.03. The molecule has 3 rings (SSSR count). The van der Waals surface area contributed by atoms with Crippen molar-refractivity contribution >= 4 is 23.2 Å². The predicted molar refractivity (Wildman–Crippen MR) is 90.6 cm³/mol.